The Morgan fingerprint density at radius 2 is 2.03 bits per heavy atom. The van der Waals surface area contributed by atoms with E-state index < -0.39 is 23.6 Å². The minimum atomic E-state index is -4.68. The van der Waals surface area contributed by atoms with Crippen molar-refractivity contribution in [2.24, 2.45) is 0 Å². The van der Waals surface area contributed by atoms with Gasteiger partial charge in [0.1, 0.15) is 11.2 Å². The maximum Gasteiger partial charge on any atom is 0.424 e. The van der Waals surface area contributed by atoms with E-state index in [2.05, 4.69) is 21.0 Å². The van der Waals surface area contributed by atoms with E-state index in [1.807, 2.05) is 6.92 Å². The van der Waals surface area contributed by atoms with E-state index in [0.717, 1.165) is 12.7 Å². The number of carboxylic acids is 1. The first-order chi connectivity index (χ1) is 13.7. The first-order valence-electron chi connectivity index (χ1n) is 8.69. The minimum Gasteiger partial charge on any atom is -0.545 e. The van der Waals surface area contributed by atoms with Gasteiger partial charge in [-0.1, -0.05) is 37.6 Å². The zero-order valence-electron chi connectivity index (χ0n) is 15.8. The first kappa shape index (κ1) is 22.8. The molecular formula is C19H19BrF3N2O4-. The number of hydrogen-bond acceptors (Lipinski definition) is 5. The van der Waals surface area contributed by atoms with Crippen LogP contribution in [-0.2, 0) is 28.9 Å². The fourth-order valence-corrected chi connectivity index (χ4v) is 3.26. The summed E-state index contributed by atoms with van der Waals surface area (Å²) in [5, 5.41) is 15.3. The normalized spacial score (nSPS) is 12.1. The zero-order chi connectivity index (χ0) is 21.6. The third-order valence-corrected chi connectivity index (χ3v) is 4.80. The van der Waals surface area contributed by atoms with Gasteiger partial charge in [-0.3, -0.25) is 4.68 Å². The van der Waals surface area contributed by atoms with Crippen molar-refractivity contribution in [1.29, 1.82) is 0 Å². The molecule has 1 heterocycles. The van der Waals surface area contributed by atoms with Crippen LogP contribution in [0.5, 0.6) is 5.88 Å². The number of carbonyl (C=O) groups excluding carboxylic acids is 1. The van der Waals surface area contributed by atoms with Gasteiger partial charge in [0, 0.05) is 12.1 Å². The van der Waals surface area contributed by atoms with Crippen LogP contribution in [0.2, 0.25) is 0 Å². The second kappa shape index (κ2) is 9.82. The van der Waals surface area contributed by atoms with Gasteiger partial charge in [-0.2, -0.15) is 13.2 Å². The number of carboxylic acid groups (broad SMARTS) is 1. The molecule has 10 heteroatoms. The highest BCUT2D eigenvalue weighted by atomic mass is 79.9. The molecule has 2 rings (SSSR count). The molecule has 0 saturated heterocycles. The summed E-state index contributed by atoms with van der Waals surface area (Å²) in [6.45, 7) is 1.88. The minimum absolute atomic E-state index is 0.212. The van der Waals surface area contributed by atoms with Gasteiger partial charge in [0.2, 0.25) is 5.88 Å². The number of nitrogens with zero attached hydrogens (tertiary/aromatic N) is 2. The van der Waals surface area contributed by atoms with Crippen LogP contribution < -0.4 is 9.84 Å². The fraction of sp³-hybridized carbons (Fsp3) is 0.368. The van der Waals surface area contributed by atoms with Crippen LogP contribution in [0.25, 0.3) is 5.57 Å². The second-order valence-electron chi connectivity index (χ2n) is 6.05. The van der Waals surface area contributed by atoms with E-state index in [4.69, 9.17) is 9.47 Å². The van der Waals surface area contributed by atoms with Crippen LogP contribution in [0, 0.1) is 0 Å². The van der Waals surface area contributed by atoms with Crippen molar-refractivity contribution in [2.45, 2.75) is 39.1 Å². The van der Waals surface area contributed by atoms with Gasteiger partial charge in [-0.05, 0) is 33.5 Å². The Bertz CT molecular complexity index is 894. The molecule has 0 amide bonds. The Morgan fingerprint density at radius 3 is 2.62 bits per heavy atom. The summed E-state index contributed by atoms with van der Waals surface area (Å²) in [7, 11) is 1.28. The van der Waals surface area contributed by atoms with E-state index in [-0.39, 0.29) is 22.3 Å². The Morgan fingerprint density at radius 1 is 1.34 bits per heavy atom. The lowest BCUT2D eigenvalue weighted by Gasteiger charge is -2.14. The largest absolute Gasteiger partial charge is 0.545 e. The Kier molecular flexibility index (Phi) is 7.72. The van der Waals surface area contributed by atoms with Gasteiger partial charge in [0.05, 0.1) is 19.3 Å². The number of aryl methyl sites for hydroxylation is 1. The third kappa shape index (κ3) is 5.53. The van der Waals surface area contributed by atoms with Gasteiger partial charge in [-0.15, -0.1) is 5.10 Å². The standard InChI is InChI=1S/C19H20BrF3N2O4/c1-3-4-9-25-16(20)15(19(21,22)23)17(24-25)29-10-12-7-5-6-8-13(12)14(11-28-2)18(26)27/h5-8,11H,3-4,9-10H2,1-2H3,(H,26,27)/p-1/b14-11+. The Balaban J connectivity index is 2.38. The molecule has 0 saturated carbocycles. The van der Waals surface area contributed by atoms with E-state index in [1.54, 1.807) is 12.1 Å². The van der Waals surface area contributed by atoms with Crippen LogP contribution >= 0.6 is 15.9 Å². The lowest BCUT2D eigenvalue weighted by Crippen LogP contribution is -2.24. The van der Waals surface area contributed by atoms with Gasteiger partial charge in [-0.25, -0.2) is 0 Å². The monoisotopic (exact) mass is 475 g/mol. The SMILES string of the molecule is CCCCn1nc(OCc2ccccc2/C(=C\OC)C(=O)[O-])c(C(F)(F)F)c1Br. The average Bonchev–Trinajstić information content (AvgIpc) is 2.98. The van der Waals surface area contributed by atoms with Crippen LogP contribution in [0.15, 0.2) is 35.1 Å². The Labute approximate surface area is 174 Å². The number of benzene rings is 1. The number of carbonyl (C=O) groups is 1. The molecule has 29 heavy (non-hydrogen) atoms. The molecule has 1 aromatic carbocycles. The van der Waals surface area contributed by atoms with Crippen molar-refractivity contribution in [1.82, 2.24) is 9.78 Å². The smallest absolute Gasteiger partial charge is 0.424 e. The van der Waals surface area contributed by atoms with E-state index in [1.165, 1.54) is 23.9 Å². The molecule has 0 radical (unpaired) electrons. The lowest BCUT2D eigenvalue weighted by atomic mass is 10.0. The highest BCUT2D eigenvalue weighted by molar-refractivity contribution is 9.10. The quantitative estimate of drug-likeness (QED) is 0.407. The average molecular weight is 476 g/mol. The molecule has 1 aromatic heterocycles. The molecule has 2 aromatic rings. The van der Waals surface area contributed by atoms with Crippen molar-refractivity contribution < 1.29 is 32.5 Å². The van der Waals surface area contributed by atoms with Crippen LogP contribution in [0.4, 0.5) is 13.2 Å². The predicted molar refractivity (Wildman–Crippen MR) is 101 cm³/mol. The summed E-state index contributed by atoms with van der Waals surface area (Å²) in [5.41, 5.74) is -0.712. The van der Waals surface area contributed by atoms with Gasteiger partial charge in [0.15, 0.2) is 5.56 Å². The topological polar surface area (TPSA) is 76.4 Å². The molecule has 0 aliphatic rings. The van der Waals surface area contributed by atoms with Crippen LogP contribution in [-0.4, -0.2) is 22.9 Å². The molecule has 6 nitrogen and oxygen atoms in total. The molecule has 0 bridgehead atoms. The van der Waals surface area contributed by atoms with Crippen molar-refractivity contribution in [3.05, 3.63) is 51.8 Å². The summed E-state index contributed by atoms with van der Waals surface area (Å²) in [6, 6.07) is 6.22. The maximum atomic E-state index is 13.5. The molecular weight excluding hydrogens is 457 g/mol. The van der Waals surface area contributed by atoms with E-state index >= 15 is 0 Å². The van der Waals surface area contributed by atoms with Gasteiger partial charge < -0.3 is 19.4 Å². The van der Waals surface area contributed by atoms with Crippen LogP contribution in [0.3, 0.4) is 0 Å². The molecule has 0 spiro atoms. The molecule has 0 fully saturated rings. The zero-order valence-corrected chi connectivity index (χ0v) is 17.3. The summed E-state index contributed by atoms with van der Waals surface area (Å²) in [5.74, 6) is -2.07. The van der Waals surface area contributed by atoms with E-state index in [0.29, 0.717) is 18.5 Å². The lowest BCUT2D eigenvalue weighted by molar-refractivity contribution is -0.295. The molecule has 0 unspecified atom stereocenters. The molecule has 0 atom stereocenters. The number of alkyl halides is 3. The van der Waals surface area contributed by atoms with E-state index in [9.17, 15) is 23.1 Å². The number of methoxy groups -OCH3 is 1. The number of aliphatic carboxylic acids is 1. The number of hydrogen-bond donors (Lipinski definition) is 0. The highest BCUT2D eigenvalue weighted by Gasteiger charge is 2.40. The van der Waals surface area contributed by atoms with Gasteiger partial charge in [0.25, 0.3) is 0 Å². The van der Waals surface area contributed by atoms with Crippen molar-refractivity contribution in [3.8, 4) is 5.88 Å². The molecule has 158 valence electrons. The molecule has 0 aliphatic heterocycles. The first-order valence-corrected chi connectivity index (χ1v) is 9.48. The fourth-order valence-electron chi connectivity index (χ4n) is 2.61. The van der Waals surface area contributed by atoms with Gasteiger partial charge >= 0.3 is 6.18 Å². The second-order valence-corrected chi connectivity index (χ2v) is 6.80. The number of halogens is 4. The third-order valence-electron chi connectivity index (χ3n) is 3.99. The Hall–Kier alpha value is -2.49. The highest BCUT2D eigenvalue weighted by Crippen LogP contribution is 2.41. The van der Waals surface area contributed by atoms with Crippen molar-refractivity contribution in [2.75, 3.05) is 7.11 Å². The molecule has 0 aliphatic carbocycles. The summed E-state index contributed by atoms with van der Waals surface area (Å²) < 4.78 is 51.7. The summed E-state index contributed by atoms with van der Waals surface area (Å²) in [4.78, 5) is 11.4. The number of ether oxygens (including phenoxy) is 2. The molecule has 0 N–H and O–H groups in total. The summed E-state index contributed by atoms with van der Waals surface area (Å²) in [6.07, 6.45) is -2.25. The van der Waals surface area contributed by atoms with Crippen LogP contribution in [0.1, 0.15) is 36.5 Å². The maximum absolute atomic E-state index is 13.5. The number of unbranched alkanes of at least 4 members (excludes halogenated alkanes) is 1. The summed E-state index contributed by atoms with van der Waals surface area (Å²) >= 11 is 2.96. The van der Waals surface area contributed by atoms with Crippen molar-refractivity contribution in [3.63, 3.8) is 0 Å². The van der Waals surface area contributed by atoms with Crippen molar-refractivity contribution >= 4 is 27.5 Å². The predicted octanol–water partition coefficient (Wildman–Crippen LogP) is 3.78. The number of rotatable bonds is 9. The number of aromatic nitrogens is 2.